The number of hydrogen-bond donors (Lipinski definition) is 0. The number of piperazine rings is 1. The van der Waals surface area contributed by atoms with Crippen LogP contribution in [0.2, 0.25) is 0 Å². The molecule has 8 heteroatoms. The average Bonchev–Trinajstić information content (AvgIpc) is 2.84. The number of ether oxygens (including phenoxy) is 1. The Morgan fingerprint density at radius 2 is 1.76 bits per heavy atom. The lowest BCUT2D eigenvalue weighted by Gasteiger charge is -2.34. The summed E-state index contributed by atoms with van der Waals surface area (Å²) in [6.45, 7) is 2.21. The van der Waals surface area contributed by atoms with Crippen LogP contribution in [0.5, 0.6) is 5.75 Å². The summed E-state index contributed by atoms with van der Waals surface area (Å²) in [5.41, 5.74) is 0.902. The normalized spacial score (nSPS) is 17.1. The van der Waals surface area contributed by atoms with E-state index in [-0.39, 0.29) is 23.8 Å². The van der Waals surface area contributed by atoms with Crippen molar-refractivity contribution in [2.75, 3.05) is 32.8 Å². The van der Waals surface area contributed by atoms with Crippen molar-refractivity contribution in [3.05, 3.63) is 53.9 Å². The van der Waals surface area contributed by atoms with Crippen molar-refractivity contribution in [1.29, 1.82) is 0 Å². The topological polar surface area (TPSA) is 75.6 Å². The van der Waals surface area contributed by atoms with E-state index in [4.69, 9.17) is 4.74 Å². The number of rotatable bonds is 7. The highest BCUT2D eigenvalue weighted by molar-refractivity contribution is 5.94. The third-order valence-corrected chi connectivity index (χ3v) is 6.51. The summed E-state index contributed by atoms with van der Waals surface area (Å²) in [7, 11) is 0. The summed E-state index contributed by atoms with van der Waals surface area (Å²) in [6, 6.07) is 4.21. The second-order valence-corrected chi connectivity index (χ2v) is 8.86. The minimum absolute atomic E-state index is 0.0398. The molecule has 2 heterocycles. The minimum Gasteiger partial charge on any atom is -0.493 e. The zero-order valence-corrected chi connectivity index (χ0v) is 18.9. The molecular weight excluding hydrogens is 423 g/mol. The van der Waals surface area contributed by atoms with Gasteiger partial charge in [0, 0.05) is 56.4 Å². The van der Waals surface area contributed by atoms with Crippen LogP contribution in [-0.4, -0.2) is 64.4 Å². The van der Waals surface area contributed by atoms with Gasteiger partial charge in [-0.1, -0.05) is 32.1 Å². The predicted molar refractivity (Wildman–Crippen MR) is 121 cm³/mol. The predicted octanol–water partition coefficient (Wildman–Crippen LogP) is 3.49. The number of benzene rings is 1. The Morgan fingerprint density at radius 1 is 1.00 bits per heavy atom. The maximum absolute atomic E-state index is 14.2. The van der Waals surface area contributed by atoms with Crippen molar-refractivity contribution in [3.8, 4) is 5.75 Å². The van der Waals surface area contributed by atoms with E-state index >= 15 is 0 Å². The molecule has 1 saturated carbocycles. The number of amides is 2. The summed E-state index contributed by atoms with van der Waals surface area (Å²) in [5.74, 6) is 0.314. The average molecular weight is 455 g/mol. The molecule has 1 aromatic heterocycles. The van der Waals surface area contributed by atoms with E-state index in [9.17, 15) is 14.0 Å². The van der Waals surface area contributed by atoms with Gasteiger partial charge in [-0.15, -0.1) is 0 Å². The Labute approximate surface area is 194 Å². The third kappa shape index (κ3) is 6.49. The Kier molecular flexibility index (Phi) is 7.86. The largest absolute Gasteiger partial charge is 0.493 e. The van der Waals surface area contributed by atoms with Crippen LogP contribution in [0.4, 0.5) is 4.39 Å². The molecule has 0 atom stereocenters. The van der Waals surface area contributed by atoms with Gasteiger partial charge < -0.3 is 14.5 Å². The molecular formula is C25H31FN4O3. The van der Waals surface area contributed by atoms with Crippen molar-refractivity contribution in [2.45, 2.75) is 44.9 Å². The maximum Gasteiger partial charge on any atom is 0.254 e. The van der Waals surface area contributed by atoms with Crippen molar-refractivity contribution < 1.29 is 18.7 Å². The fraction of sp³-hybridized carbons (Fsp3) is 0.520. The van der Waals surface area contributed by atoms with Gasteiger partial charge in [0.15, 0.2) is 0 Å². The number of halogens is 1. The van der Waals surface area contributed by atoms with E-state index < -0.39 is 5.82 Å². The number of carbonyl (C=O) groups is 2. The molecule has 176 valence electrons. The van der Waals surface area contributed by atoms with E-state index in [1.54, 1.807) is 34.5 Å². The smallest absolute Gasteiger partial charge is 0.254 e. The van der Waals surface area contributed by atoms with Crippen LogP contribution in [0.3, 0.4) is 0 Å². The highest BCUT2D eigenvalue weighted by Gasteiger charge is 2.26. The van der Waals surface area contributed by atoms with E-state index in [0.717, 1.165) is 6.42 Å². The lowest BCUT2D eigenvalue weighted by atomic mass is 9.87. The van der Waals surface area contributed by atoms with Crippen LogP contribution in [0, 0.1) is 11.7 Å². The lowest BCUT2D eigenvalue weighted by Crippen LogP contribution is -2.51. The highest BCUT2D eigenvalue weighted by Crippen LogP contribution is 2.27. The molecule has 0 unspecified atom stereocenters. The number of aromatic nitrogens is 2. The van der Waals surface area contributed by atoms with Crippen LogP contribution >= 0.6 is 0 Å². The summed E-state index contributed by atoms with van der Waals surface area (Å²) >= 11 is 0. The zero-order valence-electron chi connectivity index (χ0n) is 18.9. The summed E-state index contributed by atoms with van der Waals surface area (Å²) in [5, 5.41) is 0. The van der Waals surface area contributed by atoms with Crippen molar-refractivity contribution in [1.82, 2.24) is 19.8 Å². The second-order valence-electron chi connectivity index (χ2n) is 8.86. The van der Waals surface area contributed by atoms with Crippen molar-refractivity contribution in [2.24, 2.45) is 5.92 Å². The molecule has 2 aliphatic rings. The Morgan fingerprint density at radius 3 is 2.48 bits per heavy atom. The quantitative estimate of drug-likeness (QED) is 0.640. The lowest BCUT2D eigenvalue weighted by molar-refractivity contribution is -0.132. The Balaban J connectivity index is 1.28. The minimum atomic E-state index is -0.480. The van der Waals surface area contributed by atoms with Crippen LogP contribution in [0.15, 0.2) is 36.8 Å². The van der Waals surface area contributed by atoms with E-state index in [1.165, 1.54) is 44.2 Å². The van der Waals surface area contributed by atoms with E-state index in [1.807, 2.05) is 0 Å². The maximum atomic E-state index is 14.2. The molecule has 1 saturated heterocycles. The van der Waals surface area contributed by atoms with Gasteiger partial charge in [-0.2, -0.15) is 0 Å². The van der Waals surface area contributed by atoms with Crippen molar-refractivity contribution in [3.63, 3.8) is 0 Å². The molecule has 1 aliphatic carbocycles. The van der Waals surface area contributed by atoms with E-state index in [0.29, 0.717) is 50.1 Å². The standard InChI is InChI=1S/C25H31FN4O3/c26-21-14-20(15-23(16-21)33-13-6-19-4-2-1-3-5-19)25(32)30-11-9-29(10-12-30)24(31)17-22-18-27-7-8-28-22/h7-8,14-16,18-19H,1-6,9-13,17H2. The van der Waals surface area contributed by atoms with Gasteiger partial charge in [0.05, 0.1) is 18.7 Å². The van der Waals surface area contributed by atoms with Crippen molar-refractivity contribution >= 4 is 11.8 Å². The van der Waals surface area contributed by atoms with Gasteiger partial charge in [-0.3, -0.25) is 19.6 Å². The molecule has 2 amide bonds. The molecule has 1 aromatic carbocycles. The molecule has 0 bridgehead atoms. The monoisotopic (exact) mass is 454 g/mol. The molecule has 7 nitrogen and oxygen atoms in total. The van der Waals surface area contributed by atoms with Gasteiger partial charge in [0.1, 0.15) is 11.6 Å². The summed E-state index contributed by atoms with van der Waals surface area (Å²) in [6.07, 6.45) is 12.2. The number of nitrogens with zero attached hydrogens (tertiary/aromatic N) is 4. The van der Waals surface area contributed by atoms with Crippen LogP contribution in [0.1, 0.15) is 54.6 Å². The molecule has 33 heavy (non-hydrogen) atoms. The van der Waals surface area contributed by atoms with Gasteiger partial charge in [0.2, 0.25) is 5.91 Å². The molecule has 0 spiro atoms. The summed E-state index contributed by atoms with van der Waals surface area (Å²) in [4.78, 5) is 37.0. The third-order valence-electron chi connectivity index (χ3n) is 6.51. The second kappa shape index (κ2) is 11.2. The zero-order chi connectivity index (χ0) is 23.0. The molecule has 2 aromatic rings. The first kappa shape index (κ1) is 23.1. The van der Waals surface area contributed by atoms with Gasteiger partial charge in [-0.25, -0.2) is 4.39 Å². The molecule has 2 fully saturated rings. The molecule has 0 N–H and O–H groups in total. The van der Waals surface area contributed by atoms with Gasteiger partial charge in [-0.05, 0) is 24.5 Å². The van der Waals surface area contributed by atoms with Gasteiger partial charge >= 0.3 is 0 Å². The van der Waals surface area contributed by atoms with E-state index in [2.05, 4.69) is 9.97 Å². The number of hydrogen-bond acceptors (Lipinski definition) is 5. The Hall–Kier alpha value is -3.03. The SMILES string of the molecule is O=C(Cc1cnccn1)N1CCN(C(=O)c2cc(F)cc(OCCC3CCCCC3)c2)CC1. The first-order valence-corrected chi connectivity index (χ1v) is 11.8. The first-order chi connectivity index (χ1) is 16.1. The number of carbonyl (C=O) groups excluding carboxylic acids is 2. The molecule has 1 aliphatic heterocycles. The first-order valence-electron chi connectivity index (χ1n) is 11.8. The van der Waals surface area contributed by atoms with Crippen LogP contribution in [0.25, 0.3) is 0 Å². The summed E-state index contributed by atoms with van der Waals surface area (Å²) < 4.78 is 20.0. The molecule has 4 rings (SSSR count). The van der Waals surface area contributed by atoms with Gasteiger partial charge in [0.25, 0.3) is 5.91 Å². The molecule has 0 radical (unpaired) electrons. The highest BCUT2D eigenvalue weighted by atomic mass is 19.1. The fourth-order valence-corrected chi connectivity index (χ4v) is 4.62. The van der Waals surface area contributed by atoms with Crippen LogP contribution < -0.4 is 4.74 Å². The Bertz CT molecular complexity index is 942. The van der Waals surface area contributed by atoms with Crippen LogP contribution in [-0.2, 0) is 11.2 Å². The fourth-order valence-electron chi connectivity index (χ4n) is 4.62.